The van der Waals surface area contributed by atoms with Gasteiger partial charge in [-0.25, -0.2) is 0 Å². The largest absolute Gasteiger partial charge is 0.375 e. The number of amides is 2. The lowest BCUT2D eigenvalue weighted by atomic mass is 10.1. The molecular formula is C14H19N3O2. The minimum absolute atomic E-state index is 0.192. The molecule has 0 aliphatic carbocycles. The van der Waals surface area contributed by atoms with Gasteiger partial charge in [0.05, 0.1) is 0 Å². The Labute approximate surface area is 113 Å². The number of piperidine rings is 1. The third kappa shape index (κ3) is 3.24. The topological polar surface area (TPSA) is 61.4 Å². The van der Waals surface area contributed by atoms with Crippen molar-refractivity contribution in [1.29, 1.82) is 0 Å². The minimum Gasteiger partial charge on any atom is -0.375 e. The maximum absolute atomic E-state index is 11.7. The van der Waals surface area contributed by atoms with E-state index in [0.29, 0.717) is 12.8 Å². The molecule has 1 atom stereocenters. The number of hydrogen-bond donors (Lipinski definition) is 2. The second-order valence-corrected chi connectivity index (χ2v) is 4.71. The Morgan fingerprint density at radius 1 is 1.42 bits per heavy atom. The van der Waals surface area contributed by atoms with Crippen LogP contribution in [0.3, 0.4) is 0 Å². The van der Waals surface area contributed by atoms with Gasteiger partial charge in [0.15, 0.2) is 0 Å². The normalized spacial score (nSPS) is 18.9. The molecule has 1 aliphatic heterocycles. The number of benzene rings is 1. The van der Waals surface area contributed by atoms with Gasteiger partial charge >= 0.3 is 0 Å². The summed E-state index contributed by atoms with van der Waals surface area (Å²) >= 11 is 0. The molecule has 102 valence electrons. The summed E-state index contributed by atoms with van der Waals surface area (Å²) in [5, 5.41) is 5.53. The summed E-state index contributed by atoms with van der Waals surface area (Å²) < 4.78 is 0. The van der Waals surface area contributed by atoms with Crippen LogP contribution in [0, 0.1) is 0 Å². The van der Waals surface area contributed by atoms with E-state index in [2.05, 4.69) is 22.5 Å². The maximum atomic E-state index is 11.7. The van der Waals surface area contributed by atoms with E-state index < -0.39 is 0 Å². The van der Waals surface area contributed by atoms with Crippen LogP contribution in [0.5, 0.6) is 0 Å². The summed E-state index contributed by atoms with van der Waals surface area (Å²) in [5.74, 6) is -0.437. The summed E-state index contributed by atoms with van der Waals surface area (Å²) in [7, 11) is 2.02. The van der Waals surface area contributed by atoms with E-state index in [1.807, 2.05) is 31.3 Å². The lowest BCUT2D eigenvalue weighted by Gasteiger charge is -2.24. The number of nitrogens with zero attached hydrogens (tertiary/aromatic N) is 1. The van der Waals surface area contributed by atoms with Gasteiger partial charge in [-0.3, -0.25) is 14.9 Å². The average Bonchev–Trinajstić information content (AvgIpc) is 2.41. The molecule has 5 heteroatoms. The molecule has 0 aromatic heterocycles. The number of imide groups is 1. The first-order valence-electron chi connectivity index (χ1n) is 6.51. The summed E-state index contributed by atoms with van der Waals surface area (Å²) in [6.45, 7) is 3.00. The molecule has 1 aliphatic rings. The first-order chi connectivity index (χ1) is 9.10. The SMILES string of the molecule is CCN(C)c1cccc(NC2CCC(=O)NC2=O)c1. The van der Waals surface area contributed by atoms with Crippen LogP contribution in [0.1, 0.15) is 19.8 Å². The molecule has 2 rings (SSSR count). The molecule has 1 aromatic carbocycles. The van der Waals surface area contributed by atoms with E-state index in [1.54, 1.807) is 0 Å². The number of hydrogen-bond acceptors (Lipinski definition) is 4. The Morgan fingerprint density at radius 2 is 2.21 bits per heavy atom. The number of carbonyl (C=O) groups excluding carboxylic acids is 2. The van der Waals surface area contributed by atoms with Crippen LogP contribution in [0.4, 0.5) is 11.4 Å². The molecule has 2 amide bonds. The predicted octanol–water partition coefficient (Wildman–Crippen LogP) is 1.36. The second kappa shape index (κ2) is 5.73. The van der Waals surface area contributed by atoms with Crippen LogP contribution in [0.25, 0.3) is 0 Å². The monoisotopic (exact) mass is 261 g/mol. The molecule has 1 saturated heterocycles. The first-order valence-corrected chi connectivity index (χ1v) is 6.51. The number of carbonyl (C=O) groups is 2. The minimum atomic E-state index is -0.333. The van der Waals surface area contributed by atoms with Crippen molar-refractivity contribution >= 4 is 23.2 Å². The molecule has 5 nitrogen and oxygen atoms in total. The van der Waals surface area contributed by atoms with Gasteiger partial charge in [0.1, 0.15) is 6.04 Å². The van der Waals surface area contributed by atoms with Crippen molar-refractivity contribution in [2.24, 2.45) is 0 Å². The highest BCUT2D eigenvalue weighted by atomic mass is 16.2. The third-order valence-electron chi connectivity index (χ3n) is 3.34. The Balaban J connectivity index is 2.07. The Hall–Kier alpha value is -2.04. The summed E-state index contributed by atoms with van der Waals surface area (Å²) in [4.78, 5) is 24.9. The van der Waals surface area contributed by atoms with Gasteiger partial charge < -0.3 is 10.2 Å². The van der Waals surface area contributed by atoms with Crippen molar-refractivity contribution in [1.82, 2.24) is 5.32 Å². The third-order valence-corrected chi connectivity index (χ3v) is 3.34. The zero-order chi connectivity index (χ0) is 13.8. The summed E-state index contributed by atoms with van der Waals surface area (Å²) in [6.07, 6.45) is 0.927. The Kier molecular flexibility index (Phi) is 4.04. The van der Waals surface area contributed by atoms with Gasteiger partial charge in [-0.15, -0.1) is 0 Å². The lowest BCUT2D eigenvalue weighted by Crippen LogP contribution is -2.47. The van der Waals surface area contributed by atoms with Gasteiger partial charge in [0.25, 0.3) is 0 Å². The fourth-order valence-electron chi connectivity index (χ4n) is 2.05. The van der Waals surface area contributed by atoms with Crippen molar-refractivity contribution in [2.45, 2.75) is 25.8 Å². The number of anilines is 2. The van der Waals surface area contributed by atoms with Crippen LogP contribution in [-0.4, -0.2) is 31.4 Å². The van der Waals surface area contributed by atoms with E-state index >= 15 is 0 Å². The van der Waals surface area contributed by atoms with Gasteiger partial charge in [0, 0.05) is 31.4 Å². The predicted molar refractivity (Wildman–Crippen MR) is 75.2 cm³/mol. The van der Waals surface area contributed by atoms with E-state index in [4.69, 9.17) is 0 Å². The average molecular weight is 261 g/mol. The van der Waals surface area contributed by atoms with Gasteiger partial charge in [-0.05, 0) is 31.5 Å². The van der Waals surface area contributed by atoms with Crippen molar-refractivity contribution in [3.8, 4) is 0 Å². The smallest absolute Gasteiger partial charge is 0.249 e. The summed E-state index contributed by atoms with van der Waals surface area (Å²) in [5.41, 5.74) is 1.99. The number of nitrogens with one attached hydrogen (secondary N) is 2. The number of rotatable bonds is 4. The lowest BCUT2D eigenvalue weighted by molar-refractivity contribution is -0.133. The van der Waals surface area contributed by atoms with E-state index in [0.717, 1.165) is 17.9 Å². The van der Waals surface area contributed by atoms with Crippen LogP contribution < -0.4 is 15.5 Å². The van der Waals surface area contributed by atoms with E-state index in [9.17, 15) is 9.59 Å². The van der Waals surface area contributed by atoms with Gasteiger partial charge in [-0.1, -0.05) is 6.07 Å². The quantitative estimate of drug-likeness (QED) is 0.803. The molecule has 1 heterocycles. The highest BCUT2D eigenvalue weighted by Crippen LogP contribution is 2.20. The molecule has 19 heavy (non-hydrogen) atoms. The fraction of sp³-hybridized carbons (Fsp3) is 0.429. The van der Waals surface area contributed by atoms with Crippen molar-refractivity contribution in [2.75, 3.05) is 23.8 Å². The van der Waals surface area contributed by atoms with Crippen molar-refractivity contribution in [3.63, 3.8) is 0 Å². The van der Waals surface area contributed by atoms with Crippen LogP contribution in [-0.2, 0) is 9.59 Å². The summed E-state index contributed by atoms with van der Waals surface area (Å²) in [6, 6.07) is 7.58. The molecule has 2 N–H and O–H groups in total. The molecule has 0 spiro atoms. The molecule has 0 saturated carbocycles. The van der Waals surface area contributed by atoms with Crippen LogP contribution in [0.15, 0.2) is 24.3 Å². The van der Waals surface area contributed by atoms with E-state index in [-0.39, 0.29) is 17.9 Å². The van der Waals surface area contributed by atoms with E-state index in [1.165, 1.54) is 0 Å². The zero-order valence-electron chi connectivity index (χ0n) is 11.3. The second-order valence-electron chi connectivity index (χ2n) is 4.71. The Morgan fingerprint density at radius 3 is 2.89 bits per heavy atom. The van der Waals surface area contributed by atoms with Crippen LogP contribution in [0.2, 0.25) is 0 Å². The molecular weight excluding hydrogens is 242 g/mol. The molecule has 1 unspecified atom stereocenters. The van der Waals surface area contributed by atoms with Gasteiger partial charge in [-0.2, -0.15) is 0 Å². The van der Waals surface area contributed by atoms with Crippen molar-refractivity contribution in [3.05, 3.63) is 24.3 Å². The first kappa shape index (κ1) is 13.4. The highest BCUT2D eigenvalue weighted by Gasteiger charge is 2.26. The van der Waals surface area contributed by atoms with Crippen LogP contribution >= 0.6 is 0 Å². The molecule has 0 bridgehead atoms. The maximum Gasteiger partial charge on any atom is 0.249 e. The van der Waals surface area contributed by atoms with Gasteiger partial charge in [0.2, 0.25) is 11.8 Å². The Bertz CT molecular complexity index is 487. The fourth-order valence-corrected chi connectivity index (χ4v) is 2.05. The molecule has 1 aromatic rings. The molecule has 0 radical (unpaired) electrons. The standard InChI is InChI=1S/C14H19N3O2/c1-3-17(2)11-6-4-5-10(9-11)15-12-7-8-13(18)16-14(12)19/h4-6,9,12,15H,3,7-8H2,1-2H3,(H,16,18,19). The van der Waals surface area contributed by atoms with Crippen molar-refractivity contribution < 1.29 is 9.59 Å². The zero-order valence-corrected chi connectivity index (χ0v) is 11.3. The highest BCUT2D eigenvalue weighted by molar-refractivity contribution is 6.01. The molecule has 1 fully saturated rings.